The van der Waals surface area contributed by atoms with Gasteiger partial charge in [-0.05, 0) is 12.1 Å². The maximum absolute atomic E-state index is 12.5. The molecule has 0 amide bonds. The zero-order chi connectivity index (χ0) is 6.85. The van der Waals surface area contributed by atoms with Gasteiger partial charge in [0.2, 0.25) is 0 Å². The van der Waals surface area contributed by atoms with Crippen molar-refractivity contribution in [2.45, 2.75) is 4.90 Å². The first-order valence-corrected chi connectivity index (χ1v) is 2.89. The number of anilines is 1. The van der Waals surface area contributed by atoms with E-state index in [0.29, 0.717) is 0 Å². The summed E-state index contributed by atoms with van der Waals surface area (Å²) in [6, 6.07) is 4.70. The van der Waals surface area contributed by atoms with Gasteiger partial charge in [0.1, 0.15) is 0 Å². The van der Waals surface area contributed by atoms with E-state index in [1.165, 1.54) is 6.07 Å². The Balaban J connectivity index is 3.25. The average Bonchev–Trinajstić information content (AvgIpc) is 1.83. The molecule has 0 saturated heterocycles. The average molecular weight is 143 g/mol. The number of rotatable bonds is 0. The Hall–Kier alpha value is -0.700. The summed E-state index contributed by atoms with van der Waals surface area (Å²) >= 11 is 3.81. The summed E-state index contributed by atoms with van der Waals surface area (Å²) in [4.78, 5) is 0.287. The highest BCUT2D eigenvalue weighted by molar-refractivity contribution is 7.80. The molecule has 0 aromatic heterocycles. The Bertz CT molecular complexity index is 204. The van der Waals surface area contributed by atoms with Gasteiger partial charge in [-0.1, -0.05) is 6.07 Å². The van der Waals surface area contributed by atoms with E-state index in [0.717, 1.165) is 0 Å². The number of benzene rings is 1. The second-order valence-electron chi connectivity index (χ2n) is 1.68. The van der Waals surface area contributed by atoms with E-state index in [2.05, 4.69) is 12.6 Å². The molecule has 0 radical (unpaired) electrons. The Morgan fingerprint density at radius 3 is 2.56 bits per heavy atom. The second kappa shape index (κ2) is 2.27. The van der Waals surface area contributed by atoms with Crippen LogP contribution < -0.4 is 5.73 Å². The molecule has 1 aromatic rings. The molecule has 3 heteroatoms. The molecule has 0 atom stereocenters. The van der Waals surface area contributed by atoms with Crippen LogP contribution in [-0.2, 0) is 0 Å². The predicted molar refractivity (Wildman–Crippen MR) is 38.1 cm³/mol. The van der Waals surface area contributed by atoms with Crippen LogP contribution in [0.3, 0.4) is 0 Å². The molecule has 0 saturated carbocycles. The van der Waals surface area contributed by atoms with Crippen molar-refractivity contribution in [2.24, 2.45) is 0 Å². The first-order chi connectivity index (χ1) is 4.22. The molecule has 1 rings (SSSR count). The van der Waals surface area contributed by atoms with Gasteiger partial charge < -0.3 is 5.73 Å². The summed E-state index contributed by atoms with van der Waals surface area (Å²) in [7, 11) is 0. The largest absolute Gasteiger partial charge is 0.396 e. The van der Waals surface area contributed by atoms with E-state index in [4.69, 9.17) is 5.73 Å². The molecule has 0 unspecified atom stereocenters. The van der Waals surface area contributed by atoms with Crippen LogP contribution in [0.1, 0.15) is 0 Å². The van der Waals surface area contributed by atoms with Crippen LogP contribution in [0.25, 0.3) is 0 Å². The van der Waals surface area contributed by atoms with E-state index in [1.54, 1.807) is 12.1 Å². The molecule has 0 aliphatic carbocycles. The van der Waals surface area contributed by atoms with Gasteiger partial charge in [0.15, 0.2) is 5.82 Å². The maximum atomic E-state index is 12.5. The van der Waals surface area contributed by atoms with Crippen LogP contribution in [0, 0.1) is 5.82 Å². The van der Waals surface area contributed by atoms with Crippen molar-refractivity contribution in [1.82, 2.24) is 0 Å². The topological polar surface area (TPSA) is 26.0 Å². The molecule has 0 aliphatic rings. The number of hydrogen-bond acceptors (Lipinski definition) is 2. The SMILES string of the molecule is Nc1cccc(S)c1F. The highest BCUT2D eigenvalue weighted by Crippen LogP contribution is 2.16. The van der Waals surface area contributed by atoms with Gasteiger partial charge >= 0.3 is 0 Å². The number of hydrogen-bond donors (Lipinski definition) is 2. The fraction of sp³-hybridized carbons (Fsp3) is 0. The third kappa shape index (κ3) is 1.16. The lowest BCUT2D eigenvalue weighted by atomic mass is 10.3. The smallest absolute Gasteiger partial charge is 0.159 e. The molecule has 0 heterocycles. The molecule has 2 N–H and O–H groups in total. The van der Waals surface area contributed by atoms with E-state index in [9.17, 15) is 4.39 Å². The lowest BCUT2D eigenvalue weighted by Crippen LogP contribution is -1.89. The zero-order valence-corrected chi connectivity index (χ0v) is 5.53. The zero-order valence-electron chi connectivity index (χ0n) is 4.63. The Labute approximate surface area is 58.1 Å². The number of halogens is 1. The first-order valence-electron chi connectivity index (χ1n) is 2.45. The minimum Gasteiger partial charge on any atom is -0.396 e. The molecule has 48 valence electrons. The molecular formula is C6H6FNS. The summed E-state index contributed by atoms with van der Waals surface area (Å²) < 4.78 is 12.5. The fourth-order valence-corrected chi connectivity index (χ4v) is 0.752. The minimum absolute atomic E-state index is 0.141. The van der Waals surface area contributed by atoms with Crippen molar-refractivity contribution in [2.75, 3.05) is 5.73 Å². The number of thiol groups is 1. The van der Waals surface area contributed by atoms with Crippen molar-refractivity contribution in [1.29, 1.82) is 0 Å². The van der Waals surface area contributed by atoms with Gasteiger partial charge in [0.25, 0.3) is 0 Å². The fourth-order valence-electron chi connectivity index (χ4n) is 0.537. The van der Waals surface area contributed by atoms with Crippen LogP contribution >= 0.6 is 12.6 Å². The van der Waals surface area contributed by atoms with Crippen molar-refractivity contribution in [3.63, 3.8) is 0 Å². The predicted octanol–water partition coefficient (Wildman–Crippen LogP) is 1.70. The summed E-state index contributed by atoms with van der Waals surface area (Å²) in [5, 5.41) is 0. The molecule has 1 aromatic carbocycles. The van der Waals surface area contributed by atoms with Crippen molar-refractivity contribution in [3.05, 3.63) is 24.0 Å². The second-order valence-corrected chi connectivity index (χ2v) is 2.16. The van der Waals surface area contributed by atoms with Gasteiger partial charge in [-0.3, -0.25) is 0 Å². The molecule has 0 aliphatic heterocycles. The Morgan fingerprint density at radius 1 is 1.44 bits per heavy atom. The van der Waals surface area contributed by atoms with Crippen LogP contribution in [0.15, 0.2) is 23.1 Å². The van der Waals surface area contributed by atoms with Gasteiger partial charge in [0.05, 0.1) is 5.69 Å². The van der Waals surface area contributed by atoms with E-state index >= 15 is 0 Å². The van der Waals surface area contributed by atoms with Crippen molar-refractivity contribution < 1.29 is 4.39 Å². The lowest BCUT2D eigenvalue weighted by molar-refractivity contribution is 0.607. The molecule has 1 nitrogen and oxygen atoms in total. The summed E-state index contributed by atoms with van der Waals surface area (Å²) in [6.07, 6.45) is 0. The van der Waals surface area contributed by atoms with Crippen LogP contribution in [0.2, 0.25) is 0 Å². The summed E-state index contributed by atoms with van der Waals surface area (Å²) in [6.45, 7) is 0. The standard InChI is InChI=1S/C6H6FNS/c7-6-4(8)2-1-3-5(6)9/h1-3,9H,8H2. The van der Waals surface area contributed by atoms with E-state index in [1.807, 2.05) is 0 Å². The van der Waals surface area contributed by atoms with Crippen LogP contribution in [0.5, 0.6) is 0 Å². The van der Waals surface area contributed by atoms with Gasteiger partial charge in [-0.2, -0.15) is 0 Å². The monoisotopic (exact) mass is 143 g/mol. The molecule has 9 heavy (non-hydrogen) atoms. The quantitative estimate of drug-likeness (QED) is 0.419. The van der Waals surface area contributed by atoms with Gasteiger partial charge in [0, 0.05) is 4.90 Å². The van der Waals surface area contributed by atoms with E-state index in [-0.39, 0.29) is 10.6 Å². The number of nitrogen functional groups attached to an aromatic ring is 1. The summed E-state index contributed by atoms with van der Waals surface area (Å²) in [5.41, 5.74) is 5.34. The molecule has 0 spiro atoms. The highest BCUT2D eigenvalue weighted by Gasteiger charge is 1.98. The maximum Gasteiger partial charge on any atom is 0.159 e. The molecule has 0 bridgehead atoms. The Kier molecular flexibility index (Phi) is 1.62. The molecule has 0 fully saturated rings. The minimum atomic E-state index is -0.444. The van der Waals surface area contributed by atoms with Crippen molar-refractivity contribution >= 4 is 18.3 Å². The normalized spacial score (nSPS) is 9.56. The van der Waals surface area contributed by atoms with E-state index < -0.39 is 5.82 Å². The van der Waals surface area contributed by atoms with Crippen molar-refractivity contribution in [3.8, 4) is 0 Å². The van der Waals surface area contributed by atoms with Crippen LogP contribution in [-0.4, -0.2) is 0 Å². The third-order valence-electron chi connectivity index (χ3n) is 1.01. The van der Waals surface area contributed by atoms with Crippen LogP contribution in [0.4, 0.5) is 10.1 Å². The third-order valence-corrected chi connectivity index (χ3v) is 1.35. The Morgan fingerprint density at radius 2 is 2.11 bits per heavy atom. The number of nitrogens with two attached hydrogens (primary N) is 1. The molecular weight excluding hydrogens is 137 g/mol. The van der Waals surface area contributed by atoms with Gasteiger partial charge in [-0.25, -0.2) is 4.39 Å². The van der Waals surface area contributed by atoms with Gasteiger partial charge in [-0.15, -0.1) is 12.6 Å². The lowest BCUT2D eigenvalue weighted by Gasteiger charge is -1.95. The first kappa shape index (κ1) is 6.42. The summed E-state index contributed by atoms with van der Waals surface area (Å²) in [5.74, 6) is -0.444. The highest BCUT2D eigenvalue weighted by atomic mass is 32.1.